The zero-order valence-electron chi connectivity index (χ0n) is 13.1. The number of nitrogens with two attached hydrogens (primary N) is 1. The third-order valence-corrected chi connectivity index (χ3v) is 4.96. The molecule has 1 aromatic rings. The lowest BCUT2D eigenvalue weighted by Crippen LogP contribution is -2.31. The summed E-state index contributed by atoms with van der Waals surface area (Å²) in [5, 5.41) is 3.02. The van der Waals surface area contributed by atoms with Crippen molar-refractivity contribution in [2.75, 3.05) is 0 Å². The number of hydrogen-bond donors (Lipinski definition) is 2. The molecule has 0 radical (unpaired) electrons. The van der Waals surface area contributed by atoms with Crippen LogP contribution < -0.4 is 15.8 Å². The molecule has 1 aromatic carbocycles. The van der Waals surface area contributed by atoms with Crippen molar-refractivity contribution in [2.45, 2.75) is 63.6 Å². The Morgan fingerprint density at radius 3 is 2.64 bits per heavy atom. The van der Waals surface area contributed by atoms with Crippen LogP contribution in [0.4, 0.5) is 0 Å². The second-order valence-corrected chi connectivity index (χ2v) is 6.61. The van der Waals surface area contributed by atoms with E-state index in [1.54, 1.807) is 0 Å². The van der Waals surface area contributed by atoms with E-state index in [9.17, 15) is 4.79 Å². The SMILES string of the molecule is N[C@@H]1CCC[C@H]1CC(=O)NCc1ccccc1OC1CCC1. The van der Waals surface area contributed by atoms with Crippen LogP contribution in [0.3, 0.4) is 0 Å². The highest BCUT2D eigenvalue weighted by Crippen LogP contribution is 2.28. The van der Waals surface area contributed by atoms with Gasteiger partial charge < -0.3 is 15.8 Å². The molecule has 0 spiro atoms. The Bertz CT molecular complexity index is 514. The van der Waals surface area contributed by atoms with Gasteiger partial charge in [-0.25, -0.2) is 0 Å². The molecule has 3 rings (SSSR count). The van der Waals surface area contributed by atoms with Crippen LogP contribution in [0.1, 0.15) is 50.5 Å². The summed E-state index contributed by atoms with van der Waals surface area (Å²) in [6.45, 7) is 0.531. The Labute approximate surface area is 132 Å². The number of nitrogens with one attached hydrogen (secondary N) is 1. The summed E-state index contributed by atoms with van der Waals surface area (Å²) in [6, 6.07) is 8.18. The Hall–Kier alpha value is -1.55. The van der Waals surface area contributed by atoms with Crippen LogP contribution in [0.2, 0.25) is 0 Å². The van der Waals surface area contributed by atoms with Gasteiger partial charge in [0.2, 0.25) is 5.91 Å². The van der Waals surface area contributed by atoms with Gasteiger partial charge in [0.1, 0.15) is 5.75 Å². The first kappa shape index (κ1) is 15.3. The summed E-state index contributed by atoms with van der Waals surface area (Å²) in [5.41, 5.74) is 7.09. The predicted molar refractivity (Wildman–Crippen MR) is 86.5 cm³/mol. The van der Waals surface area contributed by atoms with Gasteiger partial charge in [-0.15, -0.1) is 0 Å². The van der Waals surface area contributed by atoms with Crippen molar-refractivity contribution < 1.29 is 9.53 Å². The molecule has 4 heteroatoms. The Kier molecular flexibility index (Phi) is 4.98. The number of carbonyl (C=O) groups is 1. The molecule has 0 bridgehead atoms. The maximum atomic E-state index is 12.1. The highest BCUT2D eigenvalue weighted by molar-refractivity contribution is 5.76. The number of carbonyl (C=O) groups excluding carboxylic acids is 1. The van der Waals surface area contributed by atoms with Gasteiger partial charge in [-0.05, 0) is 44.1 Å². The van der Waals surface area contributed by atoms with Gasteiger partial charge in [0.05, 0.1) is 6.10 Å². The minimum atomic E-state index is 0.0980. The van der Waals surface area contributed by atoms with Crippen LogP contribution in [0.5, 0.6) is 5.75 Å². The monoisotopic (exact) mass is 302 g/mol. The van der Waals surface area contributed by atoms with E-state index in [1.807, 2.05) is 24.3 Å². The molecule has 120 valence electrons. The van der Waals surface area contributed by atoms with Gasteiger partial charge in [-0.3, -0.25) is 4.79 Å². The van der Waals surface area contributed by atoms with E-state index in [0.29, 0.717) is 25.0 Å². The summed E-state index contributed by atoms with van der Waals surface area (Å²) < 4.78 is 5.99. The number of amides is 1. The fourth-order valence-corrected chi connectivity index (χ4v) is 3.26. The number of rotatable bonds is 6. The predicted octanol–water partition coefficient (Wildman–Crippen LogP) is 2.75. The van der Waals surface area contributed by atoms with E-state index in [-0.39, 0.29) is 11.9 Å². The van der Waals surface area contributed by atoms with E-state index in [0.717, 1.165) is 43.4 Å². The zero-order chi connectivity index (χ0) is 15.4. The quantitative estimate of drug-likeness (QED) is 0.849. The summed E-state index contributed by atoms with van der Waals surface area (Å²) in [6.07, 6.45) is 7.72. The summed E-state index contributed by atoms with van der Waals surface area (Å²) in [4.78, 5) is 12.1. The lowest BCUT2D eigenvalue weighted by atomic mass is 9.96. The molecule has 1 amide bonds. The minimum Gasteiger partial charge on any atom is -0.490 e. The van der Waals surface area contributed by atoms with Crippen LogP contribution in [0.25, 0.3) is 0 Å². The van der Waals surface area contributed by atoms with Gasteiger partial charge in [-0.1, -0.05) is 24.6 Å². The molecule has 0 aromatic heterocycles. The second kappa shape index (κ2) is 7.14. The van der Waals surface area contributed by atoms with Crippen molar-refractivity contribution in [1.29, 1.82) is 0 Å². The van der Waals surface area contributed by atoms with Crippen molar-refractivity contribution in [3.63, 3.8) is 0 Å². The first-order chi connectivity index (χ1) is 10.7. The van der Waals surface area contributed by atoms with Crippen molar-refractivity contribution in [2.24, 2.45) is 11.7 Å². The number of ether oxygens (including phenoxy) is 1. The lowest BCUT2D eigenvalue weighted by Gasteiger charge is -2.27. The Morgan fingerprint density at radius 1 is 1.18 bits per heavy atom. The number of para-hydroxylation sites is 1. The molecule has 0 unspecified atom stereocenters. The molecule has 2 atom stereocenters. The second-order valence-electron chi connectivity index (χ2n) is 6.61. The van der Waals surface area contributed by atoms with Crippen molar-refractivity contribution in [1.82, 2.24) is 5.32 Å². The van der Waals surface area contributed by atoms with E-state index >= 15 is 0 Å². The standard InChI is InChI=1S/C18H26N2O2/c19-16-9-3-6-13(16)11-18(21)20-12-14-5-1-2-10-17(14)22-15-7-4-8-15/h1-2,5,10,13,15-16H,3-4,6-9,11-12,19H2,(H,20,21)/t13-,16+/m0/s1. The van der Waals surface area contributed by atoms with Gasteiger partial charge in [-0.2, -0.15) is 0 Å². The van der Waals surface area contributed by atoms with Gasteiger partial charge in [0, 0.05) is 24.6 Å². The molecule has 3 N–H and O–H groups in total. The first-order valence-electron chi connectivity index (χ1n) is 8.49. The maximum absolute atomic E-state index is 12.1. The topological polar surface area (TPSA) is 64.4 Å². The average Bonchev–Trinajstić information content (AvgIpc) is 2.87. The minimum absolute atomic E-state index is 0.0980. The van der Waals surface area contributed by atoms with E-state index in [1.165, 1.54) is 6.42 Å². The van der Waals surface area contributed by atoms with E-state index in [2.05, 4.69) is 5.32 Å². The summed E-state index contributed by atoms with van der Waals surface area (Å²) in [7, 11) is 0. The number of hydrogen-bond acceptors (Lipinski definition) is 3. The first-order valence-corrected chi connectivity index (χ1v) is 8.49. The molecule has 4 nitrogen and oxygen atoms in total. The summed E-state index contributed by atoms with van der Waals surface area (Å²) in [5.74, 6) is 1.35. The van der Waals surface area contributed by atoms with Gasteiger partial charge in [0.15, 0.2) is 0 Å². The van der Waals surface area contributed by atoms with Crippen LogP contribution in [0, 0.1) is 5.92 Å². The largest absolute Gasteiger partial charge is 0.490 e. The van der Waals surface area contributed by atoms with Crippen LogP contribution in [-0.2, 0) is 11.3 Å². The van der Waals surface area contributed by atoms with Crippen molar-refractivity contribution in [3.05, 3.63) is 29.8 Å². The lowest BCUT2D eigenvalue weighted by molar-refractivity contribution is -0.122. The van der Waals surface area contributed by atoms with Crippen molar-refractivity contribution >= 4 is 5.91 Å². The normalized spacial score (nSPS) is 24.8. The fourth-order valence-electron chi connectivity index (χ4n) is 3.26. The molecular formula is C18H26N2O2. The van der Waals surface area contributed by atoms with Crippen LogP contribution in [0.15, 0.2) is 24.3 Å². The molecule has 2 aliphatic carbocycles. The van der Waals surface area contributed by atoms with Crippen molar-refractivity contribution in [3.8, 4) is 5.75 Å². The van der Waals surface area contributed by atoms with E-state index in [4.69, 9.17) is 10.5 Å². The molecule has 2 saturated carbocycles. The zero-order valence-corrected chi connectivity index (χ0v) is 13.1. The molecule has 0 heterocycles. The highest BCUT2D eigenvalue weighted by atomic mass is 16.5. The summed E-state index contributed by atoms with van der Waals surface area (Å²) >= 11 is 0. The fraction of sp³-hybridized carbons (Fsp3) is 0.611. The molecule has 2 fully saturated rings. The smallest absolute Gasteiger partial charge is 0.220 e. The van der Waals surface area contributed by atoms with E-state index < -0.39 is 0 Å². The van der Waals surface area contributed by atoms with Gasteiger partial charge in [0.25, 0.3) is 0 Å². The number of benzene rings is 1. The molecular weight excluding hydrogens is 276 g/mol. The Morgan fingerprint density at radius 2 is 1.95 bits per heavy atom. The maximum Gasteiger partial charge on any atom is 0.220 e. The molecule has 2 aliphatic rings. The third kappa shape index (κ3) is 3.80. The molecule has 0 aliphatic heterocycles. The molecule has 0 saturated heterocycles. The molecule has 22 heavy (non-hydrogen) atoms. The van der Waals surface area contributed by atoms with Gasteiger partial charge >= 0.3 is 0 Å². The Balaban J connectivity index is 1.51. The highest BCUT2D eigenvalue weighted by Gasteiger charge is 2.26. The third-order valence-electron chi connectivity index (χ3n) is 4.96. The van der Waals surface area contributed by atoms with Crippen LogP contribution in [-0.4, -0.2) is 18.1 Å². The average molecular weight is 302 g/mol. The van der Waals surface area contributed by atoms with Crippen LogP contribution >= 0.6 is 0 Å².